The second-order valence-electron chi connectivity index (χ2n) is 7.76. The minimum absolute atomic E-state index is 0.163. The lowest BCUT2D eigenvalue weighted by molar-refractivity contribution is -0.128. The Morgan fingerprint density at radius 2 is 1.74 bits per heavy atom. The summed E-state index contributed by atoms with van der Waals surface area (Å²) in [6.45, 7) is 3.98. The van der Waals surface area contributed by atoms with Crippen LogP contribution in [0.1, 0.15) is 37.0 Å². The molecule has 0 aliphatic heterocycles. The molecule has 0 spiro atoms. The van der Waals surface area contributed by atoms with Crippen LogP contribution < -0.4 is 16.0 Å². The first-order chi connectivity index (χ1) is 14.9. The van der Waals surface area contributed by atoms with Crippen molar-refractivity contribution in [2.45, 2.75) is 38.8 Å². The number of amides is 2. The zero-order valence-electron chi connectivity index (χ0n) is 18.3. The normalized spacial score (nSPS) is 12.8. The van der Waals surface area contributed by atoms with Crippen LogP contribution in [0.25, 0.3) is 0 Å². The Balaban J connectivity index is 2.43. The van der Waals surface area contributed by atoms with Gasteiger partial charge in [0.2, 0.25) is 5.91 Å². The molecule has 0 aliphatic carbocycles. The third-order valence-corrected chi connectivity index (χ3v) is 5.47. The smallest absolute Gasteiger partial charge is 0.254 e. The summed E-state index contributed by atoms with van der Waals surface area (Å²) >= 11 is 1.62. The standard InChI is InChI=1S/C24H31N3O3S/c1-17(2)15-21(26-23(29)20(25)13-14-31-3)24(30)27(19-10-5-4-6-11-19)22-12-8-7-9-18(22)16-28/h4-12,16-17,20-21H,13-15,25H2,1-3H3,(H,26,29)/t20-,21-/m0/s1. The average molecular weight is 442 g/mol. The molecule has 2 atom stereocenters. The summed E-state index contributed by atoms with van der Waals surface area (Å²) in [6, 6.07) is 14.6. The number of carbonyl (C=O) groups is 3. The topological polar surface area (TPSA) is 92.5 Å². The van der Waals surface area contributed by atoms with Gasteiger partial charge >= 0.3 is 0 Å². The molecule has 2 aromatic rings. The van der Waals surface area contributed by atoms with E-state index in [9.17, 15) is 14.4 Å². The molecule has 6 nitrogen and oxygen atoms in total. The van der Waals surface area contributed by atoms with Crippen molar-refractivity contribution >= 4 is 41.2 Å². The van der Waals surface area contributed by atoms with Crippen molar-refractivity contribution in [3.05, 3.63) is 60.2 Å². The van der Waals surface area contributed by atoms with E-state index in [4.69, 9.17) is 5.73 Å². The molecule has 2 amide bonds. The number of aldehydes is 1. The molecule has 2 rings (SSSR count). The van der Waals surface area contributed by atoms with Gasteiger partial charge in [0.1, 0.15) is 6.04 Å². The lowest BCUT2D eigenvalue weighted by atomic mass is 10.0. The van der Waals surface area contributed by atoms with Gasteiger partial charge in [-0.25, -0.2) is 0 Å². The molecule has 31 heavy (non-hydrogen) atoms. The second-order valence-corrected chi connectivity index (χ2v) is 8.75. The fraction of sp³-hybridized carbons (Fsp3) is 0.375. The highest BCUT2D eigenvalue weighted by Crippen LogP contribution is 2.29. The quantitative estimate of drug-likeness (QED) is 0.518. The van der Waals surface area contributed by atoms with E-state index in [0.717, 1.165) is 12.0 Å². The number of nitrogens with two attached hydrogens (primary N) is 1. The maximum atomic E-state index is 13.8. The van der Waals surface area contributed by atoms with E-state index in [1.54, 1.807) is 48.2 Å². The van der Waals surface area contributed by atoms with Gasteiger partial charge in [0.05, 0.1) is 11.7 Å². The fourth-order valence-corrected chi connectivity index (χ4v) is 3.75. The molecule has 3 N–H and O–H groups in total. The largest absolute Gasteiger partial charge is 0.343 e. The third kappa shape index (κ3) is 6.94. The van der Waals surface area contributed by atoms with E-state index < -0.39 is 12.1 Å². The van der Waals surface area contributed by atoms with Crippen molar-refractivity contribution in [2.75, 3.05) is 16.9 Å². The van der Waals surface area contributed by atoms with Gasteiger partial charge in [-0.3, -0.25) is 19.3 Å². The molecular weight excluding hydrogens is 410 g/mol. The van der Waals surface area contributed by atoms with Crippen LogP contribution in [-0.2, 0) is 9.59 Å². The van der Waals surface area contributed by atoms with Gasteiger partial charge in [0, 0.05) is 11.3 Å². The number of hydrogen-bond donors (Lipinski definition) is 2. The summed E-state index contributed by atoms with van der Waals surface area (Å²) < 4.78 is 0. The number of rotatable bonds is 11. The number of para-hydroxylation sites is 2. The Bertz CT molecular complexity index is 873. The molecule has 0 saturated carbocycles. The Kier molecular flexibility index (Phi) is 9.75. The van der Waals surface area contributed by atoms with E-state index in [2.05, 4.69) is 5.32 Å². The number of carbonyl (C=O) groups excluding carboxylic acids is 3. The molecule has 7 heteroatoms. The van der Waals surface area contributed by atoms with E-state index >= 15 is 0 Å². The van der Waals surface area contributed by atoms with Crippen LogP contribution in [0.5, 0.6) is 0 Å². The summed E-state index contributed by atoms with van der Waals surface area (Å²) in [7, 11) is 0. The molecule has 0 unspecified atom stereocenters. The monoisotopic (exact) mass is 441 g/mol. The predicted molar refractivity (Wildman–Crippen MR) is 128 cm³/mol. The van der Waals surface area contributed by atoms with Crippen molar-refractivity contribution < 1.29 is 14.4 Å². The molecular formula is C24H31N3O3S. The minimum Gasteiger partial charge on any atom is -0.343 e. The van der Waals surface area contributed by atoms with Gasteiger partial charge in [-0.05, 0) is 55.0 Å². The molecule has 0 fully saturated rings. The Morgan fingerprint density at radius 3 is 2.35 bits per heavy atom. The number of nitrogens with one attached hydrogen (secondary N) is 1. The lowest BCUT2D eigenvalue weighted by Gasteiger charge is -2.30. The van der Waals surface area contributed by atoms with Crippen LogP contribution in [0.2, 0.25) is 0 Å². The number of thioether (sulfide) groups is 1. The van der Waals surface area contributed by atoms with Gasteiger partial charge in [-0.2, -0.15) is 11.8 Å². The number of nitrogens with zero attached hydrogens (tertiary/aromatic N) is 1. The highest BCUT2D eigenvalue weighted by molar-refractivity contribution is 7.98. The van der Waals surface area contributed by atoms with Crippen molar-refractivity contribution in [1.82, 2.24) is 5.32 Å². The molecule has 0 bridgehead atoms. The SMILES string of the molecule is CSCC[C@H](N)C(=O)N[C@@H](CC(C)C)C(=O)N(c1ccccc1)c1ccccc1C=O. The molecule has 166 valence electrons. The second kappa shape index (κ2) is 12.3. The van der Waals surface area contributed by atoms with Crippen molar-refractivity contribution in [1.29, 1.82) is 0 Å². The van der Waals surface area contributed by atoms with Crippen molar-refractivity contribution in [3.63, 3.8) is 0 Å². The lowest BCUT2D eigenvalue weighted by Crippen LogP contribution is -2.52. The van der Waals surface area contributed by atoms with Crippen molar-refractivity contribution in [3.8, 4) is 0 Å². The van der Waals surface area contributed by atoms with E-state index in [-0.39, 0.29) is 17.7 Å². The molecule has 2 aromatic carbocycles. The Morgan fingerprint density at radius 1 is 1.10 bits per heavy atom. The summed E-state index contributed by atoms with van der Waals surface area (Å²) in [6.07, 6.45) is 3.67. The van der Waals surface area contributed by atoms with Gasteiger partial charge in [-0.1, -0.05) is 44.2 Å². The maximum Gasteiger partial charge on any atom is 0.254 e. The van der Waals surface area contributed by atoms with Gasteiger partial charge in [0.15, 0.2) is 6.29 Å². The Hall–Kier alpha value is -2.64. The van der Waals surface area contributed by atoms with Gasteiger partial charge in [-0.15, -0.1) is 0 Å². The maximum absolute atomic E-state index is 13.8. The third-order valence-electron chi connectivity index (χ3n) is 4.83. The number of hydrogen-bond acceptors (Lipinski definition) is 5. The first-order valence-corrected chi connectivity index (χ1v) is 11.8. The van der Waals surface area contributed by atoms with Crippen LogP contribution in [0.15, 0.2) is 54.6 Å². The molecule has 0 heterocycles. The predicted octanol–water partition coefficient (Wildman–Crippen LogP) is 3.78. The number of benzene rings is 2. The van der Waals surface area contributed by atoms with Crippen LogP contribution in [0.3, 0.4) is 0 Å². The molecule has 0 saturated heterocycles. The fourth-order valence-electron chi connectivity index (χ4n) is 3.26. The average Bonchev–Trinajstić information content (AvgIpc) is 2.77. The summed E-state index contributed by atoms with van der Waals surface area (Å²) in [5.41, 5.74) is 7.52. The number of anilines is 2. The van der Waals surface area contributed by atoms with E-state index in [1.807, 2.05) is 38.3 Å². The van der Waals surface area contributed by atoms with Crippen LogP contribution >= 0.6 is 11.8 Å². The first kappa shape index (κ1) is 24.6. The van der Waals surface area contributed by atoms with E-state index in [1.165, 1.54) is 4.90 Å². The van der Waals surface area contributed by atoms with Crippen LogP contribution in [0, 0.1) is 5.92 Å². The summed E-state index contributed by atoms with van der Waals surface area (Å²) in [4.78, 5) is 39.6. The van der Waals surface area contributed by atoms with Crippen LogP contribution in [-0.4, -0.2) is 42.2 Å². The van der Waals surface area contributed by atoms with Crippen molar-refractivity contribution in [2.24, 2.45) is 11.7 Å². The first-order valence-electron chi connectivity index (χ1n) is 10.4. The zero-order chi connectivity index (χ0) is 22.8. The summed E-state index contributed by atoms with van der Waals surface area (Å²) in [5, 5.41) is 2.86. The van der Waals surface area contributed by atoms with E-state index in [0.29, 0.717) is 29.8 Å². The summed E-state index contributed by atoms with van der Waals surface area (Å²) in [5.74, 6) is 0.278. The van der Waals surface area contributed by atoms with Crippen LogP contribution in [0.4, 0.5) is 11.4 Å². The highest BCUT2D eigenvalue weighted by atomic mass is 32.2. The zero-order valence-corrected chi connectivity index (χ0v) is 19.1. The highest BCUT2D eigenvalue weighted by Gasteiger charge is 2.31. The molecule has 0 radical (unpaired) electrons. The molecule has 0 aromatic heterocycles. The minimum atomic E-state index is -0.771. The molecule has 0 aliphatic rings. The van der Waals surface area contributed by atoms with Gasteiger partial charge < -0.3 is 11.1 Å². The van der Waals surface area contributed by atoms with Gasteiger partial charge in [0.25, 0.3) is 5.91 Å². The Labute approximate surface area is 188 Å².